The van der Waals surface area contributed by atoms with E-state index in [1.807, 2.05) is 30.9 Å². The summed E-state index contributed by atoms with van der Waals surface area (Å²) < 4.78 is 2.28. The van der Waals surface area contributed by atoms with Crippen LogP contribution in [-0.2, 0) is 0 Å². The number of likely N-dealkylation sites (N-methyl/N-ethyl adjacent to an activating group) is 1. The van der Waals surface area contributed by atoms with Crippen molar-refractivity contribution in [1.29, 1.82) is 0 Å². The van der Waals surface area contributed by atoms with Gasteiger partial charge in [0.05, 0.1) is 12.4 Å². The van der Waals surface area contributed by atoms with Crippen molar-refractivity contribution in [3.8, 4) is 0 Å². The Labute approximate surface area is 211 Å². The average molecular weight is 484 g/mol. The number of piperazine rings is 1. The predicted octanol–water partition coefficient (Wildman–Crippen LogP) is 4.07. The van der Waals surface area contributed by atoms with Gasteiger partial charge in [0.2, 0.25) is 5.95 Å². The summed E-state index contributed by atoms with van der Waals surface area (Å²) in [5.74, 6) is 1.53. The van der Waals surface area contributed by atoms with Gasteiger partial charge in [0, 0.05) is 57.0 Å². The summed E-state index contributed by atoms with van der Waals surface area (Å²) in [6.45, 7) is 7.19. The van der Waals surface area contributed by atoms with Crippen molar-refractivity contribution >= 4 is 22.9 Å². The van der Waals surface area contributed by atoms with E-state index in [9.17, 15) is 0 Å². The number of rotatable bonds is 7. The molecule has 9 nitrogen and oxygen atoms in total. The second-order valence-corrected chi connectivity index (χ2v) is 9.71. The number of pyridine rings is 2. The van der Waals surface area contributed by atoms with Crippen LogP contribution in [0.3, 0.4) is 0 Å². The SMILES string of the molecule is CCN1CCN(c2nc(NC(c3cccnc3)c3cccnc3)c3ncn(C4CCCC4)c3n2)CC1. The molecule has 0 amide bonds. The van der Waals surface area contributed by atoms with Crippen molar-refractivity contribution < 1.29 is 0 Å². The molecule has 2 fully saturated rings. The topological polar surface area (TPSA) is 87.9 Å². The standard InChI is InChI=1S/C27H33N9/c1-2-34-13-15-35(16-14-34)27-32-25(24-26(33-27)36(19-30-24)22-9-3-4-10-22)31-23(20-7-5-11-28-17-20)21-8-6-12-29-18-21/h5-8,11-12,17-19,22-23H,2-4,9-10,13-16H2,1H3,(H,31,32,33). The van der Waals surface area contributed by atoms with E-state index >= 15 is 0 Å². The maximum Gasteiger partial charge on any atom is 0.229 e. The fourth-order valence-electron chi connectivity index (χ4n) is 5.45. The van der Waals surface area contributed by atoms with Gasteiger partial charge in [0.25, 0.3) is 0 Å². The van der Waals surface area contributed by atoms with E-state index in [2.05, 4.69) is 48.7 Å². The van der Waals surface area contributed by atoms with E-state index in [1.54, 1.807) is 12.4 Å². The second kappa shape index (κ2) is 10.2. The molecule has 1 N–H and O–H groups in total. The third kappa shape index (κ3) is 4.51. The summed E-state index contributed by atoms with van der Waals surface area (Å²) >= 11 is 0. The lowest BCUT2D eigenvalue weighted by Crippen LogP contribution is -2.46. The van der Waals surface area contributed by atoms with Crippen molar-refractivity contribution in [1.82, 2.24) is 34.4 Å². The average Bonchev–Trinajstić information content (AvgIpc) is 3.63. The van der Waals surface area contributed by atoms with Crippen LogP contribution in [0.5, 0.6) is 0 Å². The minimum Gasteiger partial charge on any atom is -0.357 e. The van der Waals surface area contributed by atoms with Gasteiger partial charge in [-0.2, -0.15) is 9.97 Å². The number of nitrogens with zero attached hydrogens (tertiary/aromatic N) is 8. The molecule has 1 saturated carbocycles. The van der Waals surface area contributed by atoms with Crippen LogP contribution in [0.2, 0.25) is 0 Å². The Bertz CT molecular complexity index is 1240. The van der Waals surface area contributed by atoms with E-state index in [0.717, 1.165) is 66.8 Å². The zero-order valence-corrected chi connectivity index (χ0v) is 20.8. The first-order valence-corrected chi connectivity index (χ1v) is 13.1. The third-order valence-corrected chi connectivity index (χ3v) is 7.55. The summed E-state index contributed by atoms with van der Waals surface area (Å²) in [6, 6.07) is 8.38. The van der Waals surface area contributed by atoms with Crippen LogP contribution < -0.4 is 10.2 Å². The van der Waals surface area contributed by atoms with Crippen LogP contribution in [-0.4, -0.2) is 67.1 Å². The maximum absolute atomic E-state index is 5.10. The molecule has 0 atom stereocenters. The third-order valence-electron chi connectivity index (χ3n) is 7.55. The van der Waals surface area contributed by atoms with Crippen LogP contribution in [0, 0.1) is 0 Å². The molecule has 0 spiro atoms. The molecule has 0 bridgehead atoms. The predicted molar refractivity (Wildman–Crippen MR) is 141 cm³/mol. The molecule has 186 valence electrons. The molecule has 1 aliphatic carbocycles. The van der Waals surface area contributed by atoms with Gasteiger partial charge >= 0.3 is 0 Å². The Hall–Kier alpha value is -3.59. The number of imidazole rings is 1. The molecule has 2 aliphatic rings. The maximum atomic E-state index is 5.10. The molecule has 0 radical (unpaired) electrons. The summed E-state index contributed by atoms with van der Waals surface area (Å²) in [5, 5.41) is 3.71. The van der Waals surface area contributed by atoms with Crippen molar-refractivity contribution in [3.05, 3.63) is 66.5 Å². The smallest absolute Gasteiger partial charge is 0.229 e. The molecule has 1 saturated heterocycles. The molecule has 9 heteroatoms. The minimum atomic E-state index is -0.160. The van der Waals surface area contributed by atoms with Gasteiger partial charge in [0.15, 0.2) is 17.0 Å². The molecular weight excluding hydrogens is 450 g/mol. The normalized spacial score (nSPS) is 17.3. The monoisotopic (exact) mass is 483 g/mol. The van der Waals surface area contributed by atoms with Crippen LogP contribution in [0.25, 0.3) is 11.2 Å². The van der Waals surface area contributed by atoms with Crippen molar-refractivity contribution in [3.63, 3.8) is 0 Å². The molecule has 0 unspecified atom stereocenters. The number of hydrogen-bond donors (Lipinski definition) is 1. The highest BCUT2D eigenvalue weighted by Gasteiger charge is 2.26. The number of anilines is 2. The molecule has 5 heterocycles. The lowest BCUT2D eigenvalue weighted by atomic mass is 10.0. The van der Waals surface area contributed by atoms with E-state index in [0.29, 0.717) is 6.04 Å². The van der Waals surface area contributed by atoms with E-state index in [1.165, 1.54) is 25.7 Å². The number of hydrogen-bond acceptors (Lipinski definition) is 8. The van der Waals surface area contributed by atoms with Crippen LogP contribution in [0.1, 0.15) is 55.8 Å². The summed E-state index contributed by atoms with van der Waals surface area (Å²) in [5.41, 5.74) is 3.83. The van der Waals surface area contributed by atoms with Crippen LogP contribution in [0.15, 0.2) is 55.4 Å². The van der Waals surface area contributed by atoms with Gasteiger partial charge in [-0.05, 0) is 42.6 Å². The highest BCUT2D eigenvalue weighted by atomic mass is 15.3. The molecule has 4 aromatic heterocycles. The Morgan fingerprint density at radius 1 is 0.944 bits per heavy atom. The quantitative estimate of drug-likeness (QED) is 0.421. The zero-order valence-electron chi connectivity index (χ0n) is 20.8. The molecule has 36 heavy (non-hydrogen) atoms. The Morgan fingerprint density at radius 3 is 2.25 bits per heavy atom. The lowest BCUT2D eigenvalue weighted by molar-refractivity contribution is 0.270. The zero-order chi connectivity index (χ0) is 24.3. The first-order valence-electron chi connectivity index (χ1n) is 13.1. The molecular formula is C27H33N9. The van der Waals surface area contributed by atoms with E-state index in [-0.39, 0.29) is 6.04 Å². The Balaban J connectivity index is 1.43. The highest BCUT2D eigenvalue weighted by Crippen LogP contribution is 2.35. The number of nitrogens with one attached hydrogen (secondary N) is 1. The van der Waals surface area contributed by atoms with Gasteiger partial charge in [0.1, 0.15) is 0 Å². The van der Waals surface area contributed by atoms with E-state index in [4.69, 9.17) is 15.0 Å². The minimum absolute atomic E-state index is 0.160. The van der Waals surface area contributed by atoms with Gasteiger partial charge in [-0.3, -0.25) is 9.97 Å². The number of aromatic nitrogens is 6. The van der Waals surface area contributed by atoms with Crippen molar-refractivity contribution in [2.45, 2.75) is 44.7 Å². The Kier molecular flexibility index (Phi) is 6.46. The summed E-state index contributed by atoms with van der Waals surface area (Å²) in [6.07, 6.45) is 14.2. The lowest BCUT2D eigenvalue weighted by Gasteiger charge is -2.34. The first-order chi connectivity index (χ1) is 17.8. The van der Waals surface area contributed by atoms with Crippen LogP contribution in [0.4, 0.5) is 11.8 Å². The van der Waals surface area contributed by atoms with Crippen molar-refractivity contribution in [2.75, 3.05) is 42.9 Å². The first kappa shape index (κ1) is 22.8. The van der Waals surface area contributed by atoms with E-state index < -0.39 is 0 Å². The fraction of sp³-hybridized carbons (Fsp3) is 0.444. The molecule has 1 aliphatic heterocycles. The van der Waals surface area contributed by atoms with Crippen molar-refractivity contribution in [2.24, 2.45) is 0 Å². The van der Waals surface area contributed by atoms with Gasteiger partial charge in [-0.25, -0.2) is 4.98 Å². The van der Waals surface area contributed by atoms with Gasteiger partial charge < -0.3 is 19.7 Å². The molecule has 6 rings (SSSR count). The molecule has 0 aromatic carbocycles. The number of fused-ring (bicyclic) bond motifs is 1. The highest BCUT2D eigenvalue weighted by molar-refractivity contribution is 5.85. The summed E-state index contributed by atoms with van der Waals surface area (Å²) in [7, 11) is 0. The fourth-order valence-corrected chi connectivity index (χ4v) is 5.45. The summed E-state index contributed by atoms with van der Waals surface area (Å²) in [4.78, 5) is 28.5. The largest absolute Gasteiger partial charge is 0.357 e. The second-order valence-electron chi connectivity index (χ2n) is 9.71. The van der Waals surface area contributed by atoms with Crippen LogP contribution >= 0.6 is 0 Å². The van der Waals surface area contributed by atoms with Gasteiger partial charge in [-0.1, -0.05) is 31.9 Å². The molecule has 4 aromatic rings. The van der Waals surface area contributed by atoms with Gasteiger partial charge in [-0.15, -0.1) is 0 Å². The Morgan fingerprint density at radius 2 is 1.64 bits per heavy atom.